The van der Waals surface area contributed by atoms with Crippen molar-refractivity contribution in [3.63, 3.8) is 0 Å². The monoisotopic (exact) mass is 432 g/mol. The minimum Gasteiger partial charge on any atom is -0.206 e. The largest absolute Gasteiger partial charge is 0.206 e. The second-order valence-corrected chi connectivity index (χ2v) is 7.67. The molecule has 0 fully saturated rings. The van der Waals surface area contributed by atoms with E-state index in [2.05, 4.69) is 30.9 Å². The van der Waals surface area contributed by atoms with Crippen LogP contribution in [0.2, 0.25) is 0 Å². The van der Waals surface area contributed by atoms with Crippen molar-refractivity contribution in [3.05, 3.63) is 107 Å². The van der Waals surface area contributed by atoms with Gasteiger partial charge in [-0.15, -0.1) is 0 Å². The summed E-state index contributed by atoms with van der Waals surface area (Å²) in [6.07, 6.45) is 3.39. The van der Waals surface area contributed by atoms with Crippen LogP contribution in [-0.2, 0) is 6.42 Å². The van der Waals surface area contributed by atoms with Crippen molar-refractivity contribution in [2.75, 3.05) is 0 Å². The Morgan fingerprint density at radius 1 is 0.656 bits per heavy atom. The molecule has 0 unspecified atom stereocenters. The maximum atomic E-state index is 14.4. The molecule has 0 aliphatic carbocycles. The molecule has 4 rings (SSSR count). The number of hydrogen-bond acceptors (Lipinski definition) is 0. The molecule has 0 aliphatic rings. The van der Waals surface area contributed by atoms with Crippen LogP contribution in [-0.4, -0.2) is 0 Å². The van der Waals surface area contributed by atoms with E-state index in [0.29, 0.717) is 11.1 Å². The molecular formula is C28H20F4. The van der Waals surface area contributed by atoms with E-state index < -0.39 is 28.7 Å². The lowest BCUT2D eigenvalue weighted by Gasteiger charge is -2.08. The molecule has 4 heteroatoms. The van der Waals surface area contributed by atoms with E-state index in [1.165, 1.54) is 18.1 Å². The zero-order chi connectivity index (χ0) is 22.7. The molecule has 0 atom stereocenters. The summed E-state index contributed by atoms with van der Waals surface area (Å²) in [7, 11) is 0. The maximum absolute atomic E-state index is 14.4. The van der Waals surface area contributed by atoms with Crippen LogP contribution in [0.25, 0.3) is 21.9 Å². The van der Waals surface area contributed by atoms with Crippen LogP contribution in [0.4, 0.5) is 17.6 Å². The highest BCUT2D eigenvalue weighted by Gasteiger charge is 2.17. The van der Waals surface area contributed by atoms with E-state index in [1.807, 2.05) is 12.1 Å². The lowest BCUT2D eigenvalue weighted by atomic mass is 9.99. The Balaban J connectivity index is 1.57. The number of benzene rings is 4. The molecule has 0 amide bonds. The predicted molar refractivity (Wildman–Crippen MR) is 120 cm³/mol. The summed E-state index contributed by atoms with van der Waals surface area (Å²) in [4.78, 5) is 0. The summed E-state index contributed by atoms with van der Waals surface area (Å²) in [5, 5.41) is -0.599. The molecule has 0 spiro atoms. The van der Waals surface area contributed by atoms with Crippen molar-refractivity contribution >= 4 is 10.8 Å². The fourth-order valence-corrected chi connectivity index (χ4v) is 3.58. The van der Waals surface area contributed by atoms with E-state index >= 15 is 0 Å². The third-order valence-electron chi connectivity index (χ3n) is 5.37. The molecule has 4 aromatic carbocycles. The number of rotatable bonds is 4. The quantitative estimate of drug-likeness (QED) is 0.175. The van der Waals surface area contributed by atoms with Gasteiger partial charge in [0.1, 0.15) is 5.82 Å². The first-order chi connectivity index (χ1) is 15.5. The first kappa shape index (κ1) is 21.6. The molecule has 0 bridgehead atoms. The second-order valence-electron chi connectivity index (χ2n) is 7.67. The van der Waals surface area contributed by atoms with Gasteiger partial charge in [-0.3, -0.25) is 0 Å². The van der Waals surface area contributed by atoms with Crippen LogP contribution in [0.1, 0.15) is 36.5 Å². The third kappa shape index (κ3) is 4.53. The van der Waals surface area contributed by atoms with Crippen LogP contribution < -0.4 is 0 Å². The zero-order valence-electron chi connectivity index (χ0n) is 17.5. The van der Waals surface area contributed by atoms with Gasteiger partial charge in [-0.25, -0.2) is 17.6 Å². The van der Waals surface area contributed by atoms with Gasteiger partial charge < -0.3 is 0 Å². The van der Waals surface area contributed by atoms with E-state index in [9.17, 15) is 17.6 Å². The van der Waals surface area contributed by atoms with Gasteiger partial charge in [0.2, 0.25) is 0 Å². The lowest BCUT2D eigenvalue weighted by Crippen LogP contribution is -1.95. The predicted octanol–water partition coefficient (Wildman–Crippen LogP) is 7.81. The molecule has 0 heterocycles. The number of hydrogen-bond donors (Lipinski definition) is 0. The molecule has 0 radical (unpaired) electrons. The molecule has 0 aliphatic heterocycles. The molecular weight excluding hydrogens is 412 g/mol. The van der Waals surface area contributed by atoms with Crippen molar-refractivity contribution in [1.82, 2.24) is 0 Å². The van der Waals surface area contributed by atoms with Crippen LogP contribution in [0.3, 0.4) is 0 Å². The average molecular weight is 432 g/mol. The van der Waals surface area contributed by atoms with Crippen LogP contribution in [0.15, 0.2) is 66.7 Å². The molecule has 0 saturated carbocycles. The van der Waals surface area contributed by atoms with Crippen LogP contribution in [0, 0.1) is 35.1 Å². The Morgan fingerprint density at radius 3 is 1.91 bits per heavy atom. The van der Waals surface area contributed by atoms with Crippen molar-refractivity contribution in [3.8, 4) is 23.0 Å². The Kier molecular flexibility index (Phi) is 6.28. The van der Waals surface area contributed by atoms with Gasteiger partial charge in [-0.1, -0.05) is 49.5 Å². The summed E-state index contributed by atoms with van der Waals surface area (Å²) < 4.78 is 55.4. The van der Waals surface area contributed by atoms with Crippen molar-refractivity contribution in [2.45, 2.75) is 26.2 Å². The van der Waals surface area contributed by atoms with E-state index in [4.69, 9.17) is 0 Å². The number of aryl methyl sites for hydroxylation is 1. The molecule has 32 heavy (non-hydrogen) atoms. The standard InChI is InChI=1S/C28H20F4/c1-2-3-4-18-5-7-19(8-6-18)9-10-20-11-13-21(14-12-20)22-15-23-17-25(30)27(31)28(32)26(23)24(29)16-22/h5-8,11-17H,2-4H2,1H3. The van der Waals surface area contributed by atoms with Gasteiger partial charge in [0, 0.05) is 11.1 Å². The summed E-state index contributed by atoms with van der Waals surface area (Å²) in [5.74, 6) is 0.731. The Bertz CT molecular complexity index is 1320. The molecule has 0 saturated heterocycles. The summed E-state index contributed by atoms with van der Waals surface area (Å²) in [5.41, 5.74) is 4.09. The number of fused-ring (bicyclic) bond motifs is 1. The normalized spacial score (nSPS) is 10.8. The Labute approximate surface area is 184 Å². The fourth-order valence-electron chi connectivity index (χ4n) is 3.58. The van der Waals surface area contributed by atoms with Gasteiger partial charge in [0.15, 0.2) is 17.5 Å². The number of unbranched alkanes of at least 4 members (excludes halogenated alkanes) is 1. The minimum atomic E-state index is -1.68. The van der Waals surface area contributed by atoms with Crippen molar-refractivity contribution in [1.29, 1.82) is 0 Å². The molecule has 4 aromatic rings. The van der Waals surface area contributed by atoms with Crippen LogP contribution >= 0.6 is 0 Å². The third-order valence-corrected chi connectivity index (χ3v) is 5.37. The van der Waals surface area contributed by atoms with Gasteiger partial charge >= 0.3 is 0 Å². The Hall–Kier alpha value is -3.58. The highest BCUT2D eigenvalue weighted by molar-refractivity contribution is 5.88. The van der Waals surface area contributed by atoms with Crippen molar-refractivity contribution < 1.29 is 17.6 Å². The average Bonchev–Trinajstić information content (AvgIpc) is 2.80. The van der Waals surface area contributed by atoms with Gasteiger partial charge in [-0.2, -0.15) is 0 Å². The SMILES string of the molecule is CCCCc1ccc(C#Cc2ccc(-c3cc(F)c4c(F)c(F)c(F)cc4c3)cc2)cc1. The molecule has 160 valence electrons. The van der Waals surface area contributed by atoms with E-state index in [0.717, 1.165) is 36.1 Å². The minimum absolute atomic E-state index is 0.0392. The molecule has 0 nitrogen and oxygen atoms in total. The zero-order valence-corrected chi connectivity index (χ0v) is 17.5. The second kappa shape index (κ2) is 9.28. The molecule has 0 aromatic heterocycles. The van der Waals surface area contributed by atoms with E-state index in [-0.39, 0.29) is 5.39 Å². The lowest BCUT2D eigenvalue weighted by molar-refractivity contribution is 0.451. The Morgan fingerprint density at radius 2 is 1.28 bits per heavy atom. The first-order valence-corrected chi connectivity index (χ1v) is 10.4. The smallest absolute Gasteiger partial charge is 0.195 e. The number of halogens is 4. The van der Waals surface area contributed by atoms with E-state index in [1.54, 1.807) is 24.3 Å². The van der Waals surface area contributed by atoms with Gasteiger partial charge in [0.25, 0.3) is 0 Å². The summed E-state index contributed by atoms with van der Waals surface area (Å²) >= 11 is 0. The van der Waals surface area contributed by atoms with Gasteiger partial charge in [0.05, 0.1) is 5.39 Å². The highest BCUT2D eigenvalue weighted by atomic mass is 19.2. The topological polar surface area (TPSA) is 0 Å². The maximum Gasteiger partial charge on any atom is 0.195 e. The summed E-state index contributed by atoms with van der Waals surface area (Å²) in [6.45, 7) is 2.17. The van der Waals surface area contributed by atoms with Crippen molar-refractivity contribution in [2.24, 2.45) is 0 Å². The highest BCUT2D eigenvalue weighted by Crippen LogP contribution is 2.31. The summed E-state index contributed by atoms with van der Waals surface area (Å²) in [6, 6.07) is 18.7. The first-order valence-electron chi connectivity index (χ1n) is 10.4. The fraction of sp³-hybridized carbons (Fsp3) is 0.143. The van der Waals surface area contributed by atoms with Gasteiger partial charge in [-0.05, 0) is 77.4 Å². The van der Waals surface area contributed by atoms with Crippen LogP contribution in [0.5, 0.6) is 0 Å². The molecule has 0 N–H and O–H groups in total.